The van der Waals surface area contributed by atoms with E-state index < -0.39 is 0 Å². The van der Waals surface area contributed by atoms with E-state index in [1.165, 1.54) is 0 Å². The Kier molecular flexibility index (Phi) is 3.66. The molecule has 2 rings (SSSR count). The highest BCUT2D eigenvalue weighted by molar-refractivity contribution is 7.07. The van der Waals surface area contributed by atoms with E-state index in [-0.39, 0.29) is 5.91 Å². The van der Waals surface area contributed by atoms with Gasteiger partial charge in [-0.05, 0) is 40.6 Å². The van der Waals surface area contributed by atoms with E-state index in [0.717, 1.165) is 5.56 Å². The summed E-state index contributed by atoms with van der Waals surface area (Å²) in [6.45, 7) is 0.518. The highest BCUT2D eigenvalue weighted by Gasteiger charge is 2.07. The average Bonchev–Trinajstić information content (AvgIpc) is 2.82. The SMILES string of the molecule is Nc1ccc(C(=O)NCc2ccsc2)cc1Cl. The van der Waals surface area contributed by atoms with E-state index >= 15 is 0 Å². The summed E-state index contributed by atoms with van der Waals surface area (Å²) >= 11 is 7.46. The van der Waals surface area contributed by atoms with Crippen LogP contribution in [0.25, 0.3) is 0 Å². The summed E-state index contributed by atoms with van der Waals surface area (Å²) in [7, 11) is 0. The van der Waals surface area contributed by atoms with Crippen molar-refractivity contribution in [1.29, 1.82) is 0 Å². The van der Waals surface area contributed by atoms with Crippen LogP contribution in [0.2, 0.25) is 5.02 Å². The van der Waals surface area contributed by atoms with Crippen LogP contribution >= 0.6 is 22.9 Å². The number of amides is 1. The molecule has 0 bridgehead atoms. The molecule has 1 heterocycles. The second kappa shape index (κ2) is 5.21. The van der Waals surface area contributed by atoms with Gasteiger partial charge in [0.2, 0.25) is 0 Å². The maximum absolute atomic E-state index is 11.8. The fourth-order valence-corrected chi connectivity index (χ4v) is 2.20. The van der Waals surface area contributed by atoms with Crippen LogP contribution < -0.4 is 11.1 Å². The predicted octanol–water partition coefficient (Wildman–Crippen LogP) is 2.91. The van der Waals surface area contributed by atoms with Crippen molar-refractivity contribution in [3.05, 3.63) is 51.2 Å². The van der Waals surface area contributed by atoms with Crippen LogP contribution in [0.4, 0.5) is 5.69 Å². The topological polar surface area (TPSA) is 55.1 Å². The van der Waals surface area contributed by atoms with Crippen molar-refractivity contribution in [3.8, 4) is 0 Å². The normalized spacial score (nSPS) is 10.2. The van der Waals surface area contributed by atoms with Crippen molar-refractivity contribution in [3.63, 3.8) is 0 Å². The summed E-state index contributed by atoms with van der Waals surface area (Å²) in [6, 6.07) is 6.83. The second-order valence-electron chi connectivity index (χ2n) is 3.55. The van der Waals surface area contributed by atoms with Crippen LogP contribution in [0, 0.1) is 0 Å². The van der Waals surface area contributed by atoms with E-state index in [0.29, 0.717) is 22.8 Å². The minimum absolute atomic E-state index is 0.155. The smallest absolute Gasteiger partial charge is 0.251 e. The lowest BCUT2D eigenvalue weighted by Crippen LogP contribution is -2.22. The molecule has 0 fully saturated rings. The van der Waals surface area contributed by atoms with Crippen molar-refractivity contribution < 1.29 is 4.79 Å². The Labute approximate surface area is 108 Å². The van der Waals surface area contributed by atoms with Crippen LogP contribution in [0.1, 0.15) is 15.9 Å². The standard InChI is InChI=1S/C12H11ClN2OS/c13-10-5-9(1-2-11(10)14)12(16)15-6-8-3-4-17-7-8/h1-5,7H,6,14H2,(H,15,16). The van der Waals surface area contributed by atoms with Gasteiger partial charge in [-0.2, -0.15) is 11.3 Å². The maximum Gasteiger partial charge on any atom is 0.251 e. The van der Waals surface area contributed by atoms with Gasteiger partial charge in [0.15, 0.2) is 0 Å². The number of carbonyl (C=O) groups excluding carboxylic acids is 1. The molecule has 0 radical (unpaired) electrons. The van der Waals surface area contributed by atoms with Gasteiger partial charge in [0, 0.05) is 12.1 Å². The van der Waals surface area contributed by atoms with Crippen molar-refractivity contribution in [2.75, 3.05) is 5.73 Å². The van der Waals surface area contributed by atoms with Gasteiger partial charge in [-0.25, -0.2) is 0 Å². The first-order valence-corrected chi connectivity index (χ1v) is 6.33. The molecule has 2 aromatic rings. The molecule has 3 nitrogen and oxygen atoms in total. The molecule has 17 heavy (non-hydrogen) atoms. The number of nitrogens with one attached hydrogen (secondary N) is 1. The molecule has 0 aliphatic carbocycles. The lowest BCUT2D eigenvalue weighted by molar-refractivity contribution is 0.0951. The zero-order chi connectivity index (χ0) is 12.3. The Bertz CT molecular complexity index is 525. The Hall–Kier alpha value is -1.52. The Balaban J connectivity index is 2.02. The quantitative estimate of drug-likeness (QED) is 0.840. The van der Waals surface area contributed by atoms with Crippen LogP contribution in [0.3, 0.4) is 0 Å². The van der Waals surface area contributed by atoms with Crippen LogP contribution in [0.5, 0.6) is 0 Å². The molecule has 0 atom stereocenters. The Morgan fingerprint density at radius 2 is 2.24 bits per heavy atom. The van der Waals surface area contributed by atoms with E-state index in [4.69, 9.17) is 17.3 Å². The number of anilines is 1. The van der Waals surface area contributed by atoms with Gasteiger partial charge in [-0.15, -0.1) is 0 Å². The molecule has 1 amide bonds. The van der Waals surface area contributed by atoms with Crippen molar-refractivity contribution in [2.45, 2.75) is 6.54 Å². The molecule has 88 valence electrons. The minimum atomic E-state index is -0.155. The summed E-state index contributed by atoms with van der Waals surface area (Å²) < 4.78 is 0. The minimum Gasteiger partial charge on any atom is -0.398 e. The number of halogens is 1. The van der Waals surface area contributed by atoms with Crippen LogP contribution in [-0.2, 0) is 6.54 Å². The molecule has 0 spiro atoms. The zero-order valence-corrected chi connectivity index (χ0v) is 10.5. The number of hydrogen-bond donors (Lipinski definition) is 2. The molecule has 5 heteroatoms. The van der Waals surface area contributed by atoms with Gasteiger partial charge in [0.05, 0.1) is 10.7 Å². The monoisotopic (exact) mass is 266 g/mol. The molecule has 0 saturated carbocycles. The average molecular weight is 267 g/mol. The van der Waals surface area contributed by atoms with Gasteiger partial charge in [0.25, 0.3) is 5.91 Å². The van der Waals surface area contributed by atoms with Crippen molar-refractivity contribution >= 4 is 34.5 Å². The van der Waals surface area contributed by atoms with E-state index in [1.807, 2.05) is 16.8 Å². The van der Waals surface area contributed by atoms with Crippen LogP contribution in [0.15, 0.2) is 35.0 Å². The summed E-state index contributed by atoms with van der Waals surface area (Å²) in [4.78, 5) is 11.8. The third-order valence-electron chi connectivity index (χ3n) is 2.30. The Morgan fingerprint density at radius 1 is 1.41 bits per heavy atom. The molecule has 3 N–H and O–H groups in total. The third kappa shape index (κ3) is 2.99. The van der Waals surface area contributed by atoms with E-state index in [1.54, 1.807) is 29.5 Å². The van der Waals surface area contributed by atoms with Crippen molar-refractivity contribution in [2.24, 2.45) is 0 Å². The first-order chi connectivity index (χ1) is 8.16. The number of nitrogens with two attached hydrogens (primary N) is 1. The predicted molar refractivity (Wildman–Crippen MR) is 71.4 cm³/mol. The van der Waals surface area contributed by atoms with Gasteiger partial charge in [-0.1, -0.05) is 11.6 Å². The number of rotatable bonds is 3. The van der Waals surface area contributed by atoms with E-state index in [2.05, 4.69) is 5.32 Å². The van der Waals surface area contributed by atoms with Gasteiger partial charge in [-0.3, -0.25) is 4.79 Å². The third-order valence-corrected chi connectivity index (χ3v) is 3.36. The molecule has 1 aromatic carbocycles. The molecule has 0 unspecified atom stereocenters. The summed E-state index contributed by atoms with van der Waals surface area (Å²) in [5.41, 5.74) is 7.65. The Morgan fingerprint density at radius 3 is 2.88 bits per heavy atom. The van der Waals surface area contributed by atoms with Gasteiger partial charge in [0.1, 0.15) is 0 Å². The molecule has 0 saturated heterocycles. The number of hydrogen-bond acceptors (Lipinski definition) is 3. The lowest BCUT2D eigenvalue weighted by atomic mass is 10.2. The highest BCUT2D eigenvalue weighted by atomic mass is 35.5. The summed E-state index contributed by atoms with van der Waals surface area (Å²) in [6.07, 6.45) is 0. The van der Waals surface area contributed by atoms with Gasteiger partial charge >= 0.3 is 0 Å². The summed E-state index contributed by atoms with van der Waals surface area (Å²) in [5, 5.41) is 7.18. The number of nitrogen functional groups attached to an aromatic ring is 1. The molecule has 0 aliphatic heterocycles. The number of thiophene rings is 1. The first kappa shape index (κ1) is 12.0. The first-order valence-electron chi connectivity index (χ1n) is 5.01. The van der Waals surface area contributed by atoms with Gasteiger partial charge < -0.3 is 11.1 Å². The fourth-order valence-electron chi connectivity index (χ4n) is 1.35. The summed E-state index contributed by atoms with van der Waals surface area (Å²) in [5.74, 6) is -0.155. The lowest BCUT2D eigenvalue weighted by Gasteiger charge is -2.05. The van der Waals surface area contributed by atoms with Crippen LogP contribution in [-0.4, -0.2) is 5.91 Å². The molecular formula is C12H11ClN2OS. The van der Waals surface area contributed by atoms with E-state index in [9.17, 15) is 4.79 Å². The number of benzene rings is 1. The number of carbonyl (C=O) groups is 1. The molecule has 1 aromatic heterocycles. The largest absolute Gasteiger partial charge is 0.398 e. The van der Waals surface area contributed by atoms with Crippen molar-refractivity contribution in [1.82, 2.24) is 5.32 Å². The zero-order valence-electron chi connectivity index (χ0n) is 8.94. The maximum atomic E-state index is 11.8. The molecule has 0 aliphatic rings. The fraction of sp³-hybridized carbons (Fsp3) is 0.0833. The second-order valence-corrected chi connectivity index (χ2v) is 4.74. The molecular weight excluding hydrogens is 256 g/mol. The highest BCUT2D eigenvalue weighted by Crippen LogP contribution is 2.19.